The number of aliphatic imine (C=N–C) groups is 1. The Bertz CT molecular complexity index is 1120. The summed E-state index contributed by atoms with van der Waals surface area (Å²) < 4.78 is 30.2. The van der Waals surface area contributed by atoms with Crippen LogP contribution >= 0.6 is 0 Å². The summed E-state index contributed by atoms with van der Waals surface area (Å²) in [7, 11) is 0. The Kier molecular flexibility index (Phi) is 10.2. The van der Waals surface area contributed by atoms with Gasteiger partial charge in [0, 0.05) is 31.6 Å². The van der Waals surface area contributed by atoms with Crippen molar-refractivity contribution in [2.45, 2.75) is 57.6 Å². The molecule has 2 aromatic carbocycles. The molecule has 0 unspecified atom stereocenters. The molecule has 1 aliphatic heterocycles. The highest BCUT2D eigenvalue weighted by atomic mass is 19.1. The Morgan fingerprint density at radius 2 is 1.95 bits per heavy atom. The molecule has 1 atom stereocenters. The van der Waals surface area contributed by atoms with Crippen molar-refractivity contribution in [2.75, 3.05) is 26.4 Å². The summed E-state index contributed by atoms with van der Waals surface area (Å²) >= 11 is 0. The van der Waals surface area contributed by atoms with Gasteiger partial charge in [-0.15, -0.1) is 0 Å². The smallest absolute Gasteiger partial charge is 0.306 e. The molecule has 0 saturated heterocycles. The van der Waals surface area contributed by atoms with E-state index in [0.717, 1.165) is 5.56 Å². The standard InChI is InChI=1S/C28H36FN3O6/c1-27(2,3)38-24(34)12-14-28(26(35)32-30-15-13-20-6-4-7-22(29)18-20)19-37-25(31-28)21-8-10-23(11-9-21)36-17-5-16-33/h4,6-11,18,30,33H,5,12-17,19H2,1-3H3,(H,32,35)/t28-/m0/s1. The number of nitrogens with zero attached hydrogens (tertiary/aromatic N) is 1. The van der Waals surface area contributed by atoms with Gasteiger partial charge in [-0.2, -0.15) is 0 Å². The monoisotopic (exact) mass is 529 g/mol. The van der Waals surface area contributed by atoms with Gasteiger partial charge >= 0.3 is 5.97 Å². The van der Waals surface area contributed by atoms with Crippen molar-refractivity contribution in [3.8, 4) is 5.75 Å². The van der Waals surface area contributed by atoms with Crippen LogP contribution in [0, 0.1) is 5.82 Å². The zero-order chi connectivity index (χ0) is 27.6. The molecule has 0 aromatic heterocycles. The van der Waals surface area contributed by atoms with E-state index in [9.17, 15) is 14.0 Å². The summed E-state index contributed by atoms with van der Waals surface area (Å²) in [5.41, 5.74) is 5.00. The third-order valence-electron chi connectivity index (χ3n) is 5.65. The van der Waals surface area contributed by atoms with E-state index in [1.54, 1.807) is 57.2 Å². The molecule has 0 spiro atoms. The van der Waals surface area contributed by atoms with Crippen molar-refractivity contribution in [1.82, 2.24) is 10.9 Å². The third-order valence-corrected chi connectivity index (χ3v) is 5.65. The number of benzene rings is 2. The number of hydrazine groups is 1. The Hall–Kier alpha value is -3.50. The molecule has 2 aromatic rings. The average molecular weight is 530 g/mol. The number of nitrogens with one attached hydrogen (secondary N) is 2. The van der Waals surface area contributed by atoms with Crippen molar-refractivity contribution >= 4 is 17.8 Å². The number of hydrogen-bond acceptors (Lipinski definition) is 8. The topological polar surface area (TPSA) is 118 Å². The molecule has 0 radical (unpaired) electrons. The zero-order valence-electron chi connectivity index (χ0n) is 22.1. The molecular formula is C28H36FN3O6. The molecule has 1 amide bonds. The van der Waals surface area contributed by atoms with Gasteiger partial charge in [0.1, 0.15) is 23.8 Å². The van der Waals surface area contributed by atoms with Crippen LogP contribution in [0.1, 0.15) is 51.2 Å². The molecule has 9 nitrogen and oxygen atoms in total. The maximum absolute atomic E-state index is 13.4. The van der Waals surface area contributed by atoms with E-state index < -0.39 is 23.0 Å². The zero-order valence-corrected chi connectivity index (χ0v) is 22.1. The predicted octanol–water partition coefficient (Wildman–Crippen LogP) is 3.09. The van der Waals surface area contributed by atoms with E-state index >= 15 is 0 Å². The molecule has 10 heteroatoms. The van der Waals surface area contributed by atoms with Crippen molar-refractivity contribution in [1.29, 1.82) is 0 Å². The molecule has 3 rings (SSSR count). The molecule has 0 fully saturated rings. The molecule has 1 heterocycles. The lowest BCUT2D eigenvalue weighted by Gasteiger charge is -2.24. The molecule has 3 N–H and O–H groups in total. The molecule has 38 heavy (non-hydrogen) atoms. The number of hydrogen-bond donors (Lipinski definition) is 3. The maximum atomic E-state index is 13.4. The van der Waals surface area contributed by atoms with Gasteiger partial charge in [0.2, 0.25) is 5.90 Å². The van der Waals surface area contributed by atoms with Gasteiger partial charge < -0.3 is 19.3 Å². The number of aliphatic hydroxyl groups excluding tert-OH is 1. The van der Waals surface area contributed by atoms with E-state index in [2.05, 4.69) is 15.8 Å². The van der Waals surface area contributed by atoms with Crippen LogP contribution in [0.3, 0.4) is 0 Å². The maximum Gasteiger partial charge on any atom is 0.306 e. The fourth-order valence-corrected chi connectivity index (χ4v) is 3.76. The van der Waals surface area contributed by atoms with Crippen LogP contribution in [0.4, 0.5) is 4.39 Å². The van der Waals surface area contributed by atoms with Crippen molar-refractivity contribution in [3.05, 3.63) is 65.5 Å². The predicted molar refractivity (Wildman–Crippen MR) is 140 cm³/mol. The molecule has 206 valence electrons. The van der Waals surface area contributed by atoms with E-state index in [1.165, 1.54) is 12.1 Å². The number of aliphatic hydroxyl groups is 1. The minimum atomic E-state index is -1.34. The van der Waals surface area contributed by atoms with Crippen molar-refractivity contribution in [3.63, 3.8) is 0 Å². The quantitative estimate of drug-likeness (QED) is 0.207. The highest BCUT2D eigenvalue weighted by molar-refractivity contribution is 6.00. The summed E-state index contributed by atoms with van der Waals surface area (Å²) in [6.45, 7) is 6.11. The number of esters is 1. The second kappa shape index (κ2) is 13.3. The van der Waals surface area contributed by atoms with Crippen molar-refractivity contribution < 1.29 is 33.3 Å². The van der Waals surface area contributed by atoms with Gasteiger partial charge in [-0.25, -0.2) is 14.8 Å². The lowest BCUT2D eigenvalue weighted by molar-refractivity contribution is -0.155. The highest BCUT2D eigenvalue weighted by Crippen LogP contribution is 2.28. The summed E-state index contributed by atoms with van der Waals surface area (Å²) in [5, 5.41) is 8.90. The van der Waals surface area contributed by atoms with Crippen LogP contribution in [0.25, 0.3) is 0 Å². The summed E-state index contributed by atoms with van der Waals surface area (Å²) in [4.78, 5) is 30.3. The lowest BCUT2D eigenvalue weighted by Crippen LogP contribution is -2.52. The first-order chi connectivity index (χ1) is 18.1. The molecular weight excluding hydrogens is 493 g/mol. The Morgan fingerprint density at radius 3 is 2.63 bits per heavy atom. The summed E-state index contributed by atoms with van der Waals surface area (Å²) in [6, 6.07) is 13.3. The minimum absolute atomic E-state index is 0.0221. The number of ether oxygens (including phenoxy) is 3. The van der Waals surface area contributed by atoms with Crippen LogP contribution in [0.15, 0.2) is 53.5 Å². The largest absolute Gasteiger partial charge is 0.494 e. The fraction of sp³-hybridized carbons (Fsp3) is 0.464. The normalized spacial score (nSPS) is 16.9. The van der Waals surface area contributed by atoms with Gasteiger partial charge in [-0.3, -0.25) is 15.0 Å². The van der Waals surface area contributed by atoms with E-state index in [1.807, 2.05) is 0 Å². The second-order valence-electron chi connectivity index (χ2n) is 10.0. The first-order valence-corrected chi connectivity index (χ1v) is 12.7. The van der Waals surface area contributed by atoms with Crippen LogP contribution in [0.5, 0.6) is 5.75 Å². The third kappa shape index (κ3) is 8.81. The van der Waals surface area contributed by atoms with Gasteiger partial charge in [-0.1, -0.05) is 12.1 Å². The summed E-state index contributed by atoms with van der Waals surface area (Å²) in [5.74, 6) is -0.276. The van der Waals surface area contributed by atoms with Crippen LogP contribution < -0.4 is 15.6 Å². The van der Waals surface area contributed by atoms with Crippen LogP contribution in [-0.4, -0.2) is 60.4 Å². The Balaban J connectivity index is 1.68. The van der Waals surface area contributed by atoms with Gasteiger partial charge in [-0.05, 0) is 75.6 Å². The number of carbonyl (C=O) groups excluding carboxylic acids is 2. The van der Waals surface area contributed by atoms with Gasteiger partial charge in [0.05, 0.1) is 6.61 Å². The number of rotatable bonds is 13. The van der Waals surface area contributed by atoms with E-state index in [0.29, 0.717) is 37.3 Å². The second-order valence-corrected chi connectivity index (χ2v) is 10.0. The SMILES string of the molecule is CC(C)(C)OC(=O)CC[C@@]1(C(=O)NNCCc2cccc(F)c2)COC(c2ccc(OCCCO)cc2)=N1. The first-order valence-electron chi connectivity index (χ1n) is 12.7. The molecule has 0 bridgehead atoms. The number of amides is 1. The molecule has 0 saturated carbocycles. The average Bonchev–Trinajstić information content (AvgIpc) is 3.31. The van der Waals surface area contributed by atoms with Gasteiger partial charge in [0.15, 0.2) is 5.54 Å². The van der Waals surface area contributed by atoms with Gasteiger partial charge in [0.25, 0.3) is 5.91 Å². The van der Waals surface area contributed by atoms with Crippen LogP contribution in [0.2, 0.25) is 0 Å². The minimum Gasteiger partial charge on any atom is -0.494 e. The lowest BCUT2D eigenvalue weighted by atomic mass is 9.94. The highest BCUT2D eigenvalue weighted by Gasteiger charge is 2.45. The molecule has 0 aliphatic carbocycles. The molecule has 1 aliphatic rings. The van der Waals surface area contributed by atoms with E-state index in [-0.39, 0.29) is 37.8 Å². The Labute approximate surface area is 222 Å². The Morgan fingerprint density at radius 1 is 1.18 bits per heavy atom. The van der Waals surface area contributed by atoms with E-state index in [4.69, 9.17) is 19.3 Å². The van der Waals surface area contributed by atoms with Crippen LogP contribution in [-0.2, 0) is 25.5 Å². The number of halogens is 1. The number of carbonyl (C=O) groups is 2. The van der Waals surface area contributed by atoms with Crippen molar-refractivity contribution in [2.24, 2.45) is 4.99 Å². The first kappa shape index (κ1) is 29.1. The summed E-state index contributed by atoms with van der Waals surface area (Å²) in [6.07, 6.45) is 1.10. The fourth-order valence-electron chi connectivity index (χ4n) is 3.76.